The number of benzene rings is 1. The summed E-state index contributed by atoms with van der Waals surface area (Å²) in [6, 6.07) is 3.83. The zero-order chi connectivity index (χ0) is 10.7. The van der Waals surface area contributed by atoms with Gasteiger partial charge >= 0.3 is 5.97 Å². The van der Waals surface area contributed by atoms with Crippen molar-refractivity contribution >= 4 is 17.7 Å². The monoisotopic (exact) mass is 214 g/mol. The van der Waals surface area contributed by atoms with Crippen molar-refractivity contribution in [2.24, 2.45) is 0 Å². The van der Waals surface area contributed by atoms with Crippen molar-refractivity contribution in [3.8, 4) is 0 Å². The van der Waals surface area contributed by atoms with Crippen molar-refractivity contribution in [3.63, 3.8) is 0 Å². The Morgan fingerprint density at radius 2 is 2.14 bits per heavy atom. The van der Waals surface area contributed by atoms with Gasteiger partial charge in [0.25, 0.3) is 0 Å². The molecule has 0 aliphatic carbocycles. The van der Waals surface area contributed by atoms with E-state index < -0.39 is 11.8 Å². The van der Waals surface area contributed by atoms with Gasteiger partial charge in [-0.05, 0) is 18.2 Å². The highest BCUT2D eigenvalue weighted by Crippen LogP contribution is 2.27. The van der Waals surface area contributed by atoms with Crippen LogP contribution in [0.2, 0.25) is 0 Å². The Morgan fingerprint density at radius 3 is 2.64 bits per heavy atom. The van der Waals surface area contributed by atoms with E-state index in [9.17, 15) is 9.18 Å². The first-order valence-corrected chi connectivity index (χ1v) is 5.08. The number of hydrogen-bond donors (Lipinski definition) is 1. The number of carboxylic acid groups (broad SMARTS) is 1. The lowest BCUT2D eigenvalue weighted by Crippen LogP contribution is -2.01. The molecule has 0 aliphatic rings. The zero-order valence-electron chi connectivity index (χ0n) is 7.95. The predicted octanol–water partition coefficient (Wildman–Crippen LogP) is 3.02. The number of thioether (sulfide) groups is 1. The highest BCUT2D eigenvalue weighted by atomic mass is 32.2. The number of hydrogen-bond acceptors (Lipinski definition) is 2. The van der Waals surface area contributed by atoms with Crippen LogP contribution in [0, 0.1) is 5.82 Å². The number of carboxylic acids is 1. The summed E-state index contributed by atoms with van der Waals surface area (Å²) in [4.78, 5) is 11.4. The molecule has 1 aromatic rings. The number of carbonyl (C=O) groups is 1. The normalized spacial score (nSPS) is 10.6. The first-order chi connectivity index (χ1) is 6.50. The summed E-state index contributed by atoms with van der Waals surface area (Å²) >= 11 is 1.41. The summed E-state index contributed by atoms with van der Waals surface area (Å²) in [5.74, 6) is -1.61. The molecule has 0 aromatic heterocycles. The molecule has 0 fully saturated rings. The SMILES string of the molecule is CC(C)Sc1ccc(F)cc1C(=O)O. The van der Waals surface area contributed by atoms with Gasteiger partial charge in [0.05, 0.1) is 5.56 Å². The average Bonchev–Trinajstić information content (AvgIpc) is 2.07. The molecule has 4 heteroatoms. The molecule has 76 valence electrons. The van der Waals surface area contributed by atoms with Crippen molar-refractivity contribution in [2.45, 2.75) is 24.0 Å². The molecule has 1 rings (SSSR count). The summed E-state index contributed by atoms with van der Waals surface area (Å²) in [5.41, 5.74) is 0.0312. The number of halogens is 1. The molecule has 0 saturated heterocycles. The van der Waals surface area contributed by atoms with E-state index in [1.165, 1.54) is 23.9 Å². The maximum absolute atomic E-state index is 12.8. The van der Waals surface area contributed by atoms with E-state index in [1.54, 1.807) is 0 Å². The minimum atomic E-state index is -1.09. The summed E-state index contributed by atoms with van der Waals surface area (Å²) < 4.78 is 12.8. The van der Waals surface area contributed by atoms with Crippen LogP contribution in [0.25, 0.3) is 0 Å². The van der Waals surface area contributed by atoms with Gasteiger partial charge in [-0.3, -0.25) is 0 Å². The van der Waals surface area contributed by atoms with Crippen LogP contribution in [0.15, 0.2) is 23.1 Å². The van der Waals surface area contributed by atoms with E-state index >= 15 is 0 Å². The Morgan fingerprint density at radius 1 is 1.50 bits per heavy atom. The third kappa shape index (κ3) is 2.73. The van der Waals surface area contributed by atoms with Crippen molar-refractivity contribution in [1.29, 1.82) is 0 Å². The van der Waals surface area contributed by atoms with E-state index in [1.807, 2.05) is 13.8 Å². The van der Waals surface area contributed by atoms with Crippen LogP contribution < -0.4 is 0 Å². The topological polar surface area (TPSA) is 37.3 Å². The third-order valence-electron chi connectivity index (χ3n) is 1.53. The lowest BCUT2D eigenvalue weighted by atomic mass is 10.2. The van der Waals surface area contributed by atoms with Gasteiger partial charge < -0.3 is 5.11 Å². The third-order valence-corrected chi connectivity index (χ3v) is 2.62. The fourth-order valence-electron chi connectivity index (χ4n) is 1.03. The molecule has 0 unspecified atom stereocenters. The van der Waals surface area contributed by atoms with E-state index in [-0.39, 0.29) is 10.8 Å². The standard InChI is InChI=1S/C10H11FO2S/c1-6(2)14-9-4-3-7(11)5-8(9)10(12)13/h3-6H,1-2H3,(H,12,13). The molecule has 0 heterocycles. The second-order valence-electron chi connectivity index (χ2n) is 3.11. The molecule has 0 bridgehead atoms. The van der Waals surface area contributed by atoms with Crippen LogP contribution >= 0.6 is 11.8 Å². The first-order valence-electron chi connectivity index (χ1n) is 4.20. The highest BCUT2D eigenvalue weighted by Gasteiger charge is 2.12. The fraction of sp³-hybridized carbons (Fsp3) is 0.300. The molecule has 0 atom stereocenters. The molecular formula is C10H11FO2S. The van der Waals surface area contributed by atoms with Gasteiger partial charge in [0.15, 0.2) is 0 Å². The van der Waals surface area contributed by atoms with Gasteiger partial charge in [-0.15, -0.1) is 11.8 Å². The van der Waals surface area contributed by atoms with Crippen LogP contribution in [0.3, 0.4) is 0 Å². The van der Waals surface area contributed by atoms with E-state index in [0.717, 1.165) is 6.07 Å². The van der Waals surface area contributed by atoms with Gasteiger partial charge in [-0.1, -0.05) is 13.8 Å². The van der Waals surface area contributed by atoms with Crippen LogP contribution in [0.5, 0.6) is 0 Å². The molecule has 2 nitrogen and oxygen atoms in total. The minimum absolute atomic E-state index is 0.0312. The number of rotatable bonds is 3. The lowest BCUT2D eigenvalue weighted by Gasteiger charge is -2.07. The summed E-state index contributed by atoms with van der Waals surface area (Å²) in [5, 5.41) is 9.10. The second kappa shape index (κ2) is 4.46. The van der Waals surface area contributed by atoms with Gasteiger partial charge in [-0.25, -0.2) is 9.18 Å². The Balaban J connectivity index is 3.08. The molecular weight excluding hydrogens is 203 g/mol. The summed E-state index contributed by atoms with van der Waals surface area (Å²) in [7, 11) is 0. The van der Waals surface area contributed by atoms with E-state index in [4.69, 9.17) is 5.11 Å². The van der Waals surface area contributed by atoms with Gasteiger partial charge in [0.1, 0.15) is 5.82 Å². The Hall–Kier alpha value is -1.03. The summed E-state index contributed by atoms with van der Waals surface area (Å²) in [6.45, 7) is 3.92. The van der Waals surface area contributed by atoms with Crippen LogP contribution in [-0.2, 0) is 0 Å². The maximum Gasteiger partial charge on any atom is 0.336 e. The Labute approximate surface area is 86.1 Å². The smallest absolute Gasteiger partial charge is 0.336 e. The van der Waals surface area contributed by atoms with Crippen molar-refractivity contribution in [1.82, 2.24) is 0 Å². The zero-order valence-corrected chi connectivity index (χ0v) is 8.77. The molecule has 0 radical (unpaired) electrons. The number of aromatic carboxylic acids is 1. The molecule has 0 spiro atoms. The van der Waals surface area contributed by atoms with Gasteiger partial charge in [0.2, 0.25) is 0 Å². The molecule has 0 amide bonds. The summed E-state index contributed by atoms with van der Waals surface area (Å²) in [6.07, 6.45) is 0. The molecule has 1 aromatic carbocycles. The quantitative estimate of drug-likeness (QED) is 0.786. The van der Waals surface area contributed by atoms with Gasteiger partial charge in [0, 0.05) is 10.1 Å². The molecule has 0 aliphatic heterocycles. The Kier molecular flexibility index (Phi) is 3.52. The predicted molar refractivity (Wildman–Crippen MR) is 54.4 cm³/mol. The van der Waals surface area contributed by atoms with Crippen molar-refractivity contribution in [2.75, 3.05) is 0 Å². The average molecular weight is 214 g/mol. The van der Waals surface area contributed by atoms with Crippen molar-refractivity contribution < 1.29 is 14.3 Å². The second-order valence-corrected chi connectivity index (χ2v) is 4.73. The molecule has 1 N–H and O–H groups in total. The molecule has 14 heavy (non-hydrogen) atoms. The fourth-order valence-corrected chi connectivity index (χ4v) is 1.95. The highest BCUT2D eigenvalue weighted by molar-refractivity contribution is 8.00. The van der Waals surface area contributed by atoms with E-state index in [2.05, 4.69) is 0 Å². The van der Waals surface area contributed by atoms with E-state index in [0.29, 0.717) is 4.90 Å². The lowest BCUT2D eigenvalue weighted by molar-refractivity contribution is 0.0692. The molecule has 0 saturated carbocycles. The minimum Gasteiger partial charge on any atom is -0.478 e. The first kappa shape index (κ1) is 11.0. The van der Waals surface area contributed by atoms with Crippen LogP contribution in [0.4, 0.5) is 4.39 Å². The van der Waals surface area contributed by atoms with Crippen LogP contribution in [-0.4, -0.2) is 16.3 Å². The van der Waals surface area contributed by atoms with Crippen LogP contribution in [0.1, 0.15) is 24.2 Å². The largest absolute Gasteiger partial charge is 0.478 e. The van der Waals surface area contributed by atoms with Gasteiger partial charge in [-0.2, -0.15) is 0 Å². The Bertz CT molecular complexity index is 350. The van der Waals surface area contributed by atoms with Crippen molar-refractivity contribution in [3.05, 3.63) is 29.6 Å². The maximum atomic E-state index is 12.8.